The van der Waals surface area contributed by atoms with Gasteiger partial charge in [0.1, 0.15) is 11.3 Å². The van der Waals surface area contributed by atoms with Crippen LogP contribution in [0.1, 0.15) is 42.4 Å². The molecule has 0 radical (unpaired) electrons. The summed E-state index contributed by atoms with van der Waals surface area (Å²) in [6.45, 7) is 4.73. The van der Waals surface area contributed by atoms with E-state index in [4.69, 9.17) is 0 Å². The zero-order chi connectivity index (χ0) is 17.6. The van der Waals surface area contributed by atoms with Gasteiger partial charge < -0.3 is 15.0 Å². The molecule has 2 aromatic heterocycles. The van der Waals surface area contributed by atoms with Crippen molar-refractivity contribution in [2.75, 3.05) is 13.1 Å². The maximum Gasteiger partial charge on any atom is 0.254 e. The predicted octanol–water partition coefficient (Wildman–Crippen LogP) is 2.07. The van der Waals surface area contributed by atoms with Crippen LogP contribution in [-0.4, -0.2) is 49.0 Å². The van der Waals surface area contributed by atoms with E-state index in [2.05, 4.69) is 15.3 Å². The fourth-order valence-electron chi connectivity index (χ4n) is 3.36. The number of benzene rings is 1. The molecule has 0 unspecified atom stereocenters. The molecule has 1 aliphatic heterocycles. The van der Waals surface area contributed by atoms with Gasteiger partial charge in [-0.25, -0.2) is 4.68 Å². The Bertz CT molecular complexity index is 928. The Hall–Kier alpha value is -2.67. The van der Waals surface area contributed by atoms with E-state index < -0.39 is 5.60 Å². The minimum atomic E-state index is -1.14. The number of hydrogen-bond acceptors (Lipinski definition) is 4. The summed E-state index contributed by atoms with van der Waals surface area (Å²) in [4.78, 5) is 17.8. The third-order valence-electron chi connectivity index (χ3n) is 4.88. The number of aliphatic hydroxyl groups is 1. The molecular formula is C18H21N5O2. The van der Waals surface area contributed by atoms with Crippen LogP contribution in [0.3, 0.4) is 0 Å². The molecule has 4 rings (SSSR count). The van der Waals surface area contributed by atoms with Gasteiger partial charge in [0.2, 0.25) is 0 Å². The first-order valence-electron chi connectivity index (χ1n) is 8.48. The number of likely N-dealkylation sites (tertiary alicyclic amines) is 1. The molecule has 0 saturated carbocycles. The summed E-state index contributed by atoms with van der Waals surface area (Å²) in [5.41, 5.74) is 0.958. The first-order valence-corrected chi connectivity index (χ1v) is 8.48. The van der Waals surface area contributed by atoms with Gasteiger partial charge in [-0.2, -0.15) is 0 Å². The molecule has 7 nitrogen and oxygen atoms in total. The van der Waals surface area contributed by atoms with Crippen molar-refractivity contribution in [1.29, 1.82) is 0 Å². The quantitative estimate of drug-likeness (QED) is 0.765. The Balaban J connectivity index is 1.59. The van der Waals surface area contributed by atoms with Gasteiger partial charge in [-0.05, 0) is 32.0 Å². The number of aromatic amines is 1. The highest BCUT2D eigenvalue weighted by Crippen LogP contribution is 2.32. The lowest BCUT2D eigenvalue weighted by molar-refractivity contribution is 0.0382. The molecule has 1 aromatic carbocycles. The number of fused-ring (bicyclic) bond motifs is 1. The second-order valence-corrected chi connectivity index (χ2v) is 6.93. The summed E-state index contributed by atoms with van der Waals surface area (Å²) in [6, 6.07) is 7.71. The lowest BCUT2D eigenvalue weighted by Gasteiger charge is -2.21. The number of β-amino-alcohol motifs (C(OH)–C–C–N with tert-alkyl or cyclic N) is 1. The molecule has 1 amide bonds. The lowest BCUT2D eigenvalue weighted by atomic mass is 10.00. The number of nitrogens with one attached hydrogen (secondary N) is 1. The molecule has 25 heavy (non-hydrogen) atoms. The third-order valence-corrected chi connectivity index (χ3v) is 4.88. The number of carbonyl (C=O) groups excluding carboxylic acids is 1. The number of rotatable bonds is 3. The summed E-state index contributed by atoms with van der Waals surface area (Å²) in [6.07, 6.45) is 4.05. The van der Waals surface area contributed by atoms with Gasteiger partial charge in [-0.3, -0.25) is 4.79 Å². The van der Waals surface area contributed by atoms with Crippen LogP contribution in [0.2, 0.25) is 0 Å². The molecule has 3 aromatic rings. The fraction of sp³-hybridized carbons (Fsp3) is 0.389. The molecule has 3 heterocycles. The van der Waals surface area contributed by atoms with Crippen LogP contribution in [0.15, 0.2) is 36.7 Å². The minimum Gasteiger partial charge on any atom is -0.381 e. The van der Waals surface area contributed by atoms with Crippen LogP contribution in [0.25, 0.3) is 10.9 Å². The van der Waals surface area contributed by atoms with E-state index in [0.717, 1.165) is 10.9 Å². The van der Waals surface area contributed by atoms with Crippen molar-refractivity contribution in [2.45, 2.75) is 31.9 Å². The van der Waals surface area contributed by atoms with Crippen LogP contribution in [0, 0.1) is 0 Å². The molecule has 130 valence electrons. The Labute approximate surface area is 145 Å². The summed E-state index contributed by atoms with van der Waals surface area (Å²) < 4.78 is 1.72. The van der Waals surface area contributed by atoms with E-state index in [1.165, 1.54) is 0 Å². The van der Waals surface area contributed by atoms with Crippen LogP contribution in [0.5, 0.6) is 0 Å². The highest BCUT2D eigenvalue weighted by atomic mass is 16.3. The zero-order valence-corrected chi connectivity index (χ0v) is 14.3. The number of carbonyl (C=O) groups is 1. The number of amides is 1. The van der Waals surface area contributed by atoms with Crippen molar-refractivity contribution >= 4 is 16.8 Å². The van der Waals surface area contributed by atoms with Crippen LogP contribution in [-0.2, 0) is 5.60 Å². The first kappa shape index (κ1) is 15.8. The topological polar surface area (TPSA) is 87.0 Å². The minimum absolute atomic E-state index is 0.0719. The summed E-state index contributed by atoms with van der Waals surface area (Å²) in [5, 5.41) is 20.1. The number of H-pyrrole nitrogens is 1. The summed E-state index contributed by atoms with van der Waals surface area (Å²) >= 11 is 0. The SMILES string of the molecule is CC(C)n1cc([C@@]2(O)CCN(C(=O)c3cccc4[nH]ccc34)C2)nn1. The number of hydrogen-bond donors (Lipinski definition) is 2. The van der Waals surface area contributed by atoms with Crippen LogP contribution in [0.4, 0.5) is 0 Å². The second-order valence-electron chi connectivity index (χ2n) is 6.93. The second kappa shape index (κ2) is 5.70. The lowest BCUT2D eigenvalue weighted by Crippen LogP contribution is -2.34. The molecule has 1 fully saturated rings. The maximum absolute atomic E-state index is 13.0. The van der Waals surface area contributed by atoms with Gasteiger partial charge in [0, 0.05) is 41.7 Å². The van der Waals surface area contributed by atoms with Crippen molar-refractivity contribution in [3.05, 3.63) is 47.9 Å². The highest BCUT2D eigenvalue weighted by Gasteiger charge is 2.42. The average molecular weight is 339 g/mol. The standard InChI is InChI=1S/C18H21N5O2/c1-12(2)23-10-16(20-21-23)18(25)7-9-22(11-18)17(24)14-4-3-5-15-13(14)6-8-19-15/h3-6,8,10,12,19,25H,7,9,11H2,1-2H3/t18-/m1/s1. The molecule has 1 atom stereocenters. The van der Waals surface area contributed by atoms with Gasteiger partial charge in [0.05, 0.1) is 12.7 Å². The van der Waals surface area contributed by atoms with Gasteiger partial charge >= 0.3 is 0 Å². The highest BCUT2D eigenvalue weighted by molar-refractivity contribution is 6.06. The van der Waals surface area contributed by atoms with Gasteiger partial charge in [0.15, 0.2) is 0 Å². The molecule has 2 N–H and O–H groups in total. The van der Waals surface area contributed by atoms with Crippen molar-refractivity contribution < 1.29 is 9.90 Å². The monoisotopic (exact) mass is 339 g/mol. The zero-order valence-electron chi connectivity index (χ0n) is 14.3. The average Bonchev–Trinajstić information content (AvgIpc) is 3.32. The molecule has 1 aliphatic rings. The van der Waals surface area contributed by atoms with E-state index in [-0.39, 0.29) is 18.5 Å². The number of nitrogens with zero attached hydrogens (tertiary/aromatic N) is 4. The van der Waals surface area contributed by atoms with E-state index in [1.807, 2.05) is 44.3 Å². The molecule has 0 bridgehead atoms. The first-order chi connectivity index (χ1) is 12.0. The van der Waals surface area contributed by atoms with Crippen molar-refractivity contribution in [1.82, 2.24) is 24.9 Å². The van der Waals surface area contributed by atoms with E-state index in [1.54, 1.807) is 15.8 Å². The van der Waals surface area contributed by atoms with Crippen LogP contribution < -0.4 is 0 Å². The van der Waals surface area contributed by atoms with Crippen molar-refractivity contribution in [3.8, 4) is 0 Å². The fourth-order valence-corrected chi connectivity index (χ4v) is 3.36. The molecule has 7 heteroatoms. The summed E-state index contributed by atoms with van der Waals surface area (Å²) in [7, 11) is 0. The third kappa shape index (κ3) is 2.60. The largest absolute Gasteiger partial charge is 0.381 e. The Morgan fingerprint density at radius 3 is 2.96 bits per heavy atom. The number of aromatic nitrogens is 4. The van der Waals surface area contributed by atoms with Gasteiger partial charge in [-0.1, -0.05) is 11.3 Å². The molecule has 0 spiro atoms. The van der Waals surface area contributed by atoms with Crippen LogP contribution >= 0.6 is 0 Å². The smallest absolute Gasteiger partial charge is 0.254 e. The van der Waals surface area contributed by atoms with Gasteiger partial charge in [-0.15, -0.1) is 5.10 Å². The van der Waals surface area contributed by atoms with Crippen molar-refractivity contribution in [2.24, 2.45) is 0 Å². The maximum atomic E-state index is 13.0. The molecular weight excluding hydrogens is 318 g/mol. The van der Waals surface area contributed by atoms with E-state index >= 15 is 0 Å². The van der Waals surface area contributed by atoms with E-state index in [0.29, 0.717) is 24.2 Å². The normalized spacial score (nSPS) is 20.7. The van der Waals surface area contributed by atoms with Gasteiger partial charge in [0.25, 0.3) is 5.91 Å². The van der Waals surface area contributed by atoms with E-state index in [9.17, 15) is 9.90 Å². The Kier molecular flexibility index (Phi) is 3.61. The summed E-state index contributed by atoms with van der Waals surface area (Å²) in [5.74, 6) is -0.0719. The molecule has 0 aliphatic carbocycles. The Morgan fingerprint density at radius 2 is 2.20 bits per heavy atom. The predicted molar refractivity (Wildman–Crippen MR) is 93.1 cm³/mol. The molecule has 1 saturated heterocycles. The Morgan fingerprint density at radius 1 is 1.36 bits per heavy atom. The van der Waals surface area contributed by atoms with Crippen molar-refractivity contribution in [3.63, 3.8) is 0 Å².